The molecule has 0 aliphatic heterocycles. The summed E-state index contributed by atoms with van der Waals surface area (Å²) in [6.45, 7) is 2.26. The summed E-state index contributed by atoms with van der Waals surface area (Å²) >= 11 is 0. The summed E-state index contributed by atoms with van der Waals surface area (Å²) in [6.07, 6.45) is 1.77. The highest BCUT2D eigenvalue weighted by Gasteiger charge is 2.02. The minimum absolute atomic E-state index is 0.167. The average molecular weight is 245 g/mol. The molecule has 1 N–H and O–H groups in total. The van der Waals surface area contributed by atoms with Crippen LogP contribution in [-0.4, -0.2) is 27.0 Å². The van der Waals surface area contributed by atoms with Gasteiger partial charge in [-0.2, -0.15) is 0 Å². The SMILES string of the molecule is Cc1cc(NCCCS(C)(=O)=O)ccc1F. The molecule has 0 aromatic heterocycles. The Balaban J connectivity index is 2.41. The fourth-order valence-electron chi connectivity index (χ4n) is 1.32. The van der Waals surface area contributed by atoms with E-state index in [1.54, 1.807) is 19.1 Å². The molecule has 0 spiro atoms. The zero-order valence-electron chi connectivity index (χ0n) is 9.46. The third kappa shape index (κ3) is 4.61. The van der Waals surface area contributed by atoms with E-state index < -0.39 is 9.84 Å². The first-order valence-corrected chi connectivity index (χ1v) is 7.12. The number of sulfone groups is 1. The number of benzene rings is 1. The fourth-order valence-corrected chi connectivity index (χ4v) is 1.99. The van der Waals surface area contributed by atoms with Crippen LogP contribution in [0.5, 0.6) is 0 Å². The smallest absolute Gasteiger partial charge is 0.147 e. The maximum atomic E-state index is 12.9. The van der Waals surface area contributed by atoms with Gasteiger partial charge in [-0.15, -0.1) is 0 Å². The number of aryl methyl sites for hydroxylation is 1. The third-order valence-corrected chi connectivity index (χ3v) is 3.21. The molecule has 1 rings (SSSR count). The lowest BCUT2D eigenvalue weighted by Gasteiger charge is -2.07. The number of hydrogen-bond donors (Lipinski definition) is 1. The quantitative estimate of drug-likeness (QED) is 0.807. The van der Waals surface area contributed by atoms with Crippen LogP contribution in [-0.2, 0) is 9.84 Å². The minimum Gasteiger partial charge on any atom is -0.385 e. The zero-order chi connectivity index (χ0) is 12.2. The number of anilines is 1. The molecule has 0 unspecified atom stereocenters. The Kier molecular flexibility index (Phi) is 4.29. The van der Waals surface area contributed by atoms with Gasteiger partial charge in [0, 0.05) is 18.5 Å². The number of halogens is 1. The van der Waals surface area contributed by atoms with Crippen molar-refractivity contribution in [1.29, 1.82) is 0 Å². The molecule has 5 heteroatoms. The van der Waals surface area contributed by atoms with Crippen molar-refractivity contribution in [2.24, 2.45) is 0 Å². The van der Waals surface area contributed by atoms with Crippen LogP contribution in [0.2, 0.25) is 0 Å². The van der Waals surface area contributed by atoms with Crippen LogP contribution in [0.4, 0.5) is 10.1 Å². The summed E-state index contributed by atoms with van der Waals surface area (Å²) in [5, 5.41) is 3.05. The van der Waals surface area contributed by atoms with Crippen LogP contribution >= 0.6 is 0 Å². The van der Waals surface area contributed by atoms with Crippen LogP contribution in [0.25, 0.3) is 0 Å². The molecule has 3 nitrogen and oxygen atoms in total. The Morgan fingerprint density at radius 2 is 2.06 bits per heavy atom. The topological polar surface area (TPSA) is 46.2 Å². The van der Waals surface area contributed by atoms with E-state index in [0.29, 0.717) is 18.5 Å². The van der Waals surface area contributed by atoms with Gasteiger partial charge < -0.3 is 5.32 Å². The standard InChI is InChI=1S/C11H16FNO2S/c1-9-8-10(4-5-11(9)12)13-6-3-7-16(2,14)15/h4-5,8,13H,3,6-7H2,1-2H3. The Labute approximate surface area is 95.6 Å². The van der Waals surface area contributed by atoms with Crippen molar-refractivity contribution in [3.8, 4) is 0 Å². The highest BCUT2D eigenvalue weighted by atomic mass is 32.2. The van der Waals surface area contributed by atoms with Crippen LogP contribution < -0.4 is 5.32 Å². The third-order valence-electron chi connectivity index (χ3n) is 2.18. The second-order valence-electron chi connectivity index (χ2n) is 3.87. The summed E-state index contributed by atoms with van der Waals surface area (Å²) in [6, 6.07) is 4.74. The van der Waals surface area contributed by atoms with E-state index in [9.17, 15) is 12.8 Å². The first kappa shape index (κ1) is 13.0. The largest absolute Gasteiger partial charge is 0.385 e. The van der Waals surface area contributed by atoms with Crippen molar-refractivity contribution in [2.45, 2.75) is 13.3 Å². The van der Waals surface area contributed by atoms with Gasteiger partial charge in [0.15, 0.2) is 0 Å². The van der Waals surface area contributed by atoms with Gasteiger partial charge >= 0.3 is 0 Å². The van der Waals surface area contributed by atoms with Crippen LogP contribution in [0.15, 0.2) is 18.2 Å². The first-order chi connectivity index (χ1) is 7.38. The molecule has 0 saturated carbocycles. The van der Waals surface area contributed by atoms with E-state index in [-0.39, 0.29) is 11.6 Å². The molecule has 0 bridgehead atoms. The molecular weight excluding hydrogens is 229 g/mol. The molecule has 90 valence electrons. The maximum Gasteiger partial charge on any atom is 0.147 e. The monoisotopic (exact) mass is 245 g/mol. The van der Waals surface area contributed by atoms with E-state index in [1.807, 2.05) is 0 Å². The van der Waals surface area contributed by atoms with Crippen LogP contribution in [0.3, 0.4) is 0 Å². The van der Waals surface area contributed by atoms with Crippen LogP contribution in [0, 0.1) is 12.7 Å². The number of nitrogens with one attached hydrogen (secondary N) is 1. The molecule has 0 amide bonds. The second-order valence-corrected chi connectivity index (χ2v) is 6.13. The lowest BCUT2D eigenvalue weighted by Crippen LogP contribution is -2.09. The molecule has 0 atom stereocenters. The first-order valence-electron chi connectivity index (χ1n) is 5.06. The molecule has 1 aromatic carbocycles. The second kappa shape index (κ2) is 5.30. The fraction of sp³-hybridized carbons (Fsp3) is 0.455. The molecule has 1 aromatic rings. The minimum atomic E-state index is -2.89. The summed E-state index contributed by atoms with van der Waals surface area (Å²) in [5.41, 5.74) is 1.39. The zero-order valence-corrected chi connectivity index (χ0v) is 10.3. The van der Waals surface area contributed by atoms with Gasteiger partial charge in [0.25, 0.3) is 0 Å². The predicted octanol–water partition coefficient (Wildman–Crippen LogP) is 1.98. The highest BCUT2D eigenvalue weighted by Crippen LogP contribution is 2.13. The molecule has 0 aliphatic rings. The van der Waals surface area contributed by atoms with Crippen molar-refractivity contribution in [3.63, 3.8) is 0 Å². The van der Waals surface area contributed by atoms with Crippen LogP contribution in [0.1, 0.15) is 12.0 Å². The highest BCUT2D eigenvalue weighted by molar-refractivity contribution is 7.90. The van der Waals surface area contributed by atoms with Gasteiger partial charge in [-0.3, -0.25) is 0 Å². The van der Waals surface area contributed by atoms with Gasteiger partial charge in [-0.05, 0) is 37.1 Å². The van der Waals surface area contributed by atoms with E-state index in [1.165, 1.54) is 12.3 Å². The van der Waals surface area contributed by atoms with E-state index >= 15 is 0 Å². The van der Waals surface area contributed by atoms with Crippen molar-refractivity contribution >= 4 is 15.5 Å². The lowest BCUT2D eigenvalue weighted by atomic mass is 10.2. The molecule has 0 fully saturated rings. The Morgan fingerprint density at radius 3 is 2.62 bits per heavy atom. The van der Waals surface area contributed by atoms with E-state index in [2.05, 4.69) is 5.32 Å². The molecule has 0 saturated heterocycles. The molecule has 0 heterocycles. The summed E-state index contributed by atoms with van der Waals surface area (Å²) in [5.74, 6) is -0.0677. The summed E-state index contributed by atoms with van der Waals surface area (Å²) < 4.78 is 34.7. The van der Waals surface area contributed by atoms with Crippen molar-refractivity contribution < 1.29 is 12.8 Å². The Bertz CT molecular complexity index is 457. The van der Waals surface area contributed by atoms with E-state index in [0.717, 1.165) is 5.69 Å². The number of rotatable bonds is 5. The normalized spacial score (nSPS) is 11.4. The predicted molar refractivity (Wildman–Crippen MR) is 64.0 cm³/mol. The summed E-state index contributed by atoms with van der Waals surface area (Å²) in [7, 11) is -2.89. The van der Waals surface area contributed by atoms with Gasteiger partial charge in [0.1, 0.15) is 15.7 Å². The van der Waals surface area contributed by atoms with Gasteiger partial charge in [0.2, 0.25) is 0 Å². The van der Waals surface area contributed by atoms with Gasteiger partial charge in [0.05, 0.1) is 5.75 Å². The Morgan fingerprint density at radius 1 is 1.38 bits per heavy atom. The molecular formula is C11H16FNO2S. The molecule has 16 heavy (non-hydrogen) atoms. The Hall–Kier alpha value is -1.10. The maximum absolute atomic E-state index is 12.9. The van der Waals surface area contributed by atoms with E-state index in [4.69, 9.17) is 0 Å². The van der Waals surface area contributed by atoms with Crippen molar-refractivity contribution in [1.82, 2.24) is 0 Å². The lowest BCUT2D eigenvalue weighted by molar-refractivity contribution is 0.600. The van der Waals surface area contributed by atoms with Gasteiger partial charge in [-0.25, -0.2) is 12.8 Å². The summed E-state index contributed by atoms with van der Waals surface area (Å²) in [4.78, 5) is 0. The van der Waals surface area contributed by atoms with Crippen molar-refractivity contribution in [3.05, 3.63) is 29.6 Å². The number of hydrogen-bond acceptors (Lipinski definition) is 3. The molecule has 0 aliphatic carbocycles. The van der Waals surface area contributed by atoms with Gasteiger partial charge in [-0.1, -0.05) is 0 Å². The van der Waals surface area contributed by atoms with Crippen molar-refractivity contribution in [2.75, 3.05) is 23.9 Å². The molecule has 0 radical (unpaired) electrons. The average Bonchev–Trinajstić information content (AvgIpc) is 2.17.